The van der Waals surface area contributed by atoms with Crippen molar-refractivity contribution in [2.24, 2.45) is 0 Å². The molecule has 4 heterocycles. The van der Waals surface area contributed by atoms with Gasteiger partial charge in [0.05, 0.1) is 16.8 Å². The minimum Gasteiger partial charge on any atom is -0.338 e. The molecule has 0 atom stereocenters. The number of hydrogen-bond donors (Lipinski definition) is 1. The molecule has 0 aromatic carbocycles. The lowest BCUT2D eigenvalue weighted by Gasteiger charge is -2.10. The van der Waals surface area contributed by atoms with E-state index >= 15 is 0 Å². The highest BCUT2D eigenvalue weighted by atomic mass is 32.2. The number of anilines is 1. The van der Waals surface area contributed by atoms with Crippen molar-refractivity contribution in [2.45, 2.75) is 25.5 Å². The molecule has 4 rings (SSSR count). The number of carbonyl (C=O) groups excluding carboxylic acids is 1. The summed E-state index contributed by atoms with van der Waals surface area (Å²) in [6, 6.07) is 5.61. The Bertz CT molecular complexity index is 1190. The third-order valence-electron chi connectivity index (χ3n) is 3.98. The van der Waals surface area contributed by atoms with Gasteiger partial charge in [0.25, 0.3) is 5.56 Å². The molecule has 28 heavy (non-hydrogen) atoms. The zero-order valence-electron chi connectivity index (χ0n) is 15.1. The van der Waals surface area contributed by atoms with Crippen molar-refractivity contribution in [1.29, 1.82) is 0 Å². The Morgan fingerprint density at radius 3 is 2.93 bits per heavy atom. The minimum absolute atomic E-state index is 0.0779. The number of carbonyl (C=O) groups is 1. The molecule has 0 fully saturated rings. The van der Waals surface area contributed by atoms with Crippen molar-refractivity contribution in [1.82, 2.24) is 14.7 Å². The van der Waals surface area contributed by atoms with Crippen LogP contribution in [-0.4, -0.2) is 26.4 Å². The van der Waals surface area contributed by atoms with E-state index in [2.05, 4.69) is 15.5 Å². The topological polar surface area (TPSA) is 90.0 Å². The fraction of sp³-hybridized carbons (Fsp3) is 0.222. The van der Waals surface area contributed by atoms with Gasteiger partial charge in [0.2, 0.25) is 11.8 Å². The molecule has 0 unspecified atom stereocenters. The van der Waals surface area contributed by atoms with E-state index in [1.54, 1.807) is 28.9 Å². The van der Waals surface area contributed by atoms with Crippen LogP contribution >= 0.6 is 34.4 Å². The first kappa shape index (κ1) is 18.9. The monoisotopic (exact) mass is 432 g/mol. The molecule has 1 N–H and O–H groups in total. The maximum atomic E-state index is 13.1. The second kappa shape index (κ2) is 7.90. The van der Waals surface area contributed by atoms with Crippen molar-refractivity contribution in [2.75, 3.05) is 11.1 Å². The molecule has 144 valence electrons. The number of nitrogens with zero attached hydrogens (tertiary/aromatic N) is 3. The number of aryl methyl sites for hydroxylation is 1. The van der Waals surface area contributed by atoms with Gasteiger partial charge >= 0.3 is 0 Å². The average molecular weight is 433 g/mol. The van der Waals surface area contributed by atoms with Gasteiger partial charge in [0.15, 0.2) is 5.16 Å². The first-order chi connectivity index (χ1) is 13.6. The van der Waals surface area contributed by atoms with Crippen LogP contribution < -0.4 is 10.9 Å². The van der Waals surface area contributed by atoms with Crippen LogP contribution in [0.3, 0.4) is 0 Å². The highest BCUT2D eigenvalue weighted by Crippen LogP contribution is 2.34. The summed E-state index contributed by atoms with van der Waals surface area (Å²) in [4.78, 5) is 31.7. The van der Waals surface area contributed by atoms with Crippen LogP contribution in [0, 0.1) is 6.92 Å². The van der Waals surface area contributed by atoms with E-state index in [1.807, 2.05) is 29.8 Å². The number of thiophene rings is 2. The van der Waals surface area contributed by atoms with Crippen LogP contribution in [0.2, 0.25) is 0 Å². The molecule has 0 aliphatic rings. The Morgan fingerprint density at radius 2 is 2.25 bits per heavy atom. The van der Waals surface area contributed by atoms with E-state index in [4.69, 9.17) is 4.52 Å². The smallest absolute Gasteiger partial charge is 0.263 e. The third-order valence-corrected chi connectivity index (χ3v) is 6.74. The Balaban J connectivity index is 1.60. The number of nitrogens with one attached hydrogen (secondary N) is 1. The van der Waals surface area contributed by atoms with Gasteiger partial charge < -0.3 is 4.52 Å². The number of amides is 1. The highest BCUT2D eigenvalue weighted by molar-refractivity contribution is 7.99. The van der Waals surface area contributed by atoms with E-state index in [1.165, 1.54) is 23.1 Å². The minimum atomic E-state index is -0.247. The van der Waals surface area contributed by atoms with Gasteiger partial charge in [0, 0.05) is 28.4 Å². The summed E-state index contributed by atoms with van der Waals surface area (Å²) in [5.74, 6) is 0.169. The summed E-state index contributed by atoms with van der Waals surface area (Å²) in [6.45, 7) is 4.15. The summed E-state index contributed by atoms with van der Waals surface area (Å²) < 4.78 is 6.60. The van der Waals surface area contributed by atoms with Crippen molar-refractivity contribution < 1.29 is 9.32 Å². The summed E-state index contributed by atoms with van der Waals surface area (Å²) in [5, 5.41) is 11.5. The molecular weight excluding hydrogens is 416 g/mol. The summed E-state index contributed by atoms with van der Waals surface area (Å²) in [5.41, 5.74) is 1.53. The SMILES string of the molecule is CCn1c(SCC(=O)Nc2cc(C)no2)nc2scc(-c3cccs3)c2c1=O. The lowest BCUT2D eigenvalue weighted by Crippen LogP contribution is -2.23. The third kappa shape index (κ3) is 3.62. The van der Waals surface area contributed by atoms with Crippen LogP contribution in [0.15, 0.2) is 43.4 Å². The fourth-order valence-electron chi connectivity index (χ4n) is 2.73. The maximum absolute atomic E-state index is 13.1. The van der Waals surface area contributed by atoms with Crippen LogP contribution in [-0.2, 0) is 11.3 Å². The second-order valence-electron chi connectivity index (χ2n) is 5.92. The molecule has 4 aromatic heterocycles. The molecule has 0 aliphatic carbocycles. The van der Waals surface area contributed by atoms with Crippen molar-refractivity contribution in [3.8, 4) is 10.4 Å². The molecule has 10 heteroatoms. The number of hydrogen-bond acceptors (Lipinski definition) is 8. The Labute approximate surface area is 172 Å². The van der Waals surface area contributed by atoms with Gasteiger partial charge in [-0.1, -0.05) is 23.0 Å². The molecule has 0 bridgehead atoms. The maximum Gasteiger partial charge on any atom is 0.263 e. The van der Waals surface area contributed by atoms with Gasteiger partial charge in [-0.3, -0.25) is 19.5 Å². The molecule has 0 aliphatic heterocycles. The Kier molecular flexibility index (Phi) is 5.33. The van der Waals surface area contributed by atoms with E-state index < -0.39 is 0 Å². The van der Waals surface area contributed by atoms with Gasteiger partial charge in [-0.2, -0.15) is 0 Å². The normalized spacial score (nSPS) is 11.2. The molecular formula is C18H16N4O3S3. The van der Waals surface area contributed by atoms with Gasteiger partial charge in [-0.05, 0) is 25.3 Å². The van der Waals surface area contributed by atoms with Crippen LogP contribution in [0.1, 0.15) is 12.6 Å². The quantitative estimate of drug-likeness (QED) is 0.362. The van der Waals surface area contributed by atoms with E-state index in [0.717, 1.165) is 10.4 Å². The van der Waals surface area contributed by atoms with Crippen LogP contribution in [0.4, 0.5) is 5.88 Å². The predicted octanol–water partition coefficient (Wildman–Crippen LogP) is 4.23. The van der Waals surface area contributed by atoms with E-state index in [9.17, 15) is 9.59 Å². The molecule has 0 saturated heterocycles. The molecule has 4 aromatic rings. The fourth-order valence-corrected chi connectivity index (χ4v) is 5.40. The van der Waals surface area contributed by atoms with Gasteiger partial charge in [0.1, 0.15) is 4.83 Å². The van der Waals surface area contributed by atoms with Crippen molar-refractivity contribution in [3.05, 3.63) is 45.0 Å². The molecule has 1 amide bonds. The second-order valence-corrected chi connectivity index (χ2v) is 8.67. The molecule has 0 radical (unpaired) electrons. The zero-order chi connectivity index (χ0) is 19.7. The van der Waals surface area contributed by atoms with Crippen molar-refractivity contribution in [3.63, 3.8) is 0 Å². The van der Waals surface area contributed by atoms with E-state index in [-0.39, 0.29) is 17.2 Å². The highest BCUT2D eigenvalue weighted by Gasteiger charge is 2.18. The number of rotatable bonds is 6. The first-order valence-corrected chi connectivity index (χ1v) is 11.2. The Hall–Kier alpha value is -2.43. The summed E-state index contributed by atoms with van der Waals surface area (Å²) in [7, 11) is 0. The predicted molar refractivity (Wildman–Crippen MR) is 113 cm³/mol. The summed E-state index contributed by atoms with van der Waals surface area (Å²) in [6.07, 6.45) is 0. The average Bonchev–Trinajstić information content (AvgIpc) is 3.40. The number of fused-ring (bicyclic) bond motifs is 1. The molecule has 0 spiro atoms. The number of aromatic nitrogens is 3. The lowest BCUT2D eigenvalue weighted by molar-refractivity contribution is -0.113. The summed E-state index contributed by atoms with van der Waals surface area (Å²) >= 11 is 4.27. The zero-order valence-corrected chi connectivity index (χ0v) is 17.5. The standard InChI is InChI=1S/C18H16N4O3S3/c1-3-22-17(24)15-11(12-5-4-6-26-12)8-27-16(15)20-18(22)28-9-13(23)19-14-7-10(2)21-25-14/h4-8H,3,9H2,1-2H3,(H,19,23). The molecule has 7 nitrogen and oxygen atoms in total. The van der Waals surface area contributed by atoms with E-state index in [0.29, 0.717) is 33.5 Å². The molecule has 0 saturated carbocycles. The number of thioether (sulfide) groups is 1. The first-order valence-electron chi connectivity index (χ1n) is 8.48. The van der Waals surface area contributed by atoms with Crippen LogP contribution in [0.5, 0.6) is 0 Å². The van der Waals surface area contributed by atoms with Gasteiger partial charge in [-0.15, -0.1) is 22.7 Å². The van der Waals surface area contributed by atoms with Gasteiger partial charge in [-0.25, -0.2) is 4.98 Å². The Morgan fingerprint density at radius 1 is 1.39 bits per heavy atom. The lowest BCUT2D eigenvalue weighted by atomic mass is 10.2. The van der Waals surface area contributed by atoms with Crippen LogP contribution in [0.25, 0.3) is 20.7 Å². The largest absolute Gasteiger partial charge is 0.338 e. The van der Waals surface area contributed by atoms with Crippen molar-refractivity contribution >= 4 is 56.4 Å².